The summed E-state index contributed by atoms with van der Waals surface area (Å²) in [7, 11) is 0. The molecule has 0 aliphatic heterocycles. The Morgan fingerprint density at radius 3 is 2.45 bits per heavy atom. The van der Waals surface area contributed by atoms with Crippen LogP contribution in [-0.2, 0) is 17.9 Å². The highest BCUT2D eigenvalue weighted by Crippen LogP contribution is 2.20. The quantitative estimate of drug-likeness (QED) is 0.496. The maximum Gasteiger partial charge on any atom is 0.350 e. The molecule has 0 radical (unpaired) electrons. The summed E-state index contributed by atoms with van der Waals surface area (Å²) in [6.07, 6.45) is 0. The van der Waals surface area contributed by atoms with Gasteiger partial charge in [-0.2, -0.15) is 4.98 Å². The first-order valence-corrected chi connectivity index (χ1v) is 9.84. The number of nitrogens with one attached hydrogen (secondary N) is 2. The Labute approximate surface area is 178 Å². The molecule has 0 fully saturated rings. The van der Waals surface area contributed by atoms with Gasteiger partial charge in [0, 0.05) is 17.6 Å². The zero-order valence-electron chi connectivity index (χ0n) is 16.9. The smallest absolute Gasteiger partial charge is 0.350 e. The zero-order chi connectivity index (χ0) is 21.8. The minimum absolute atomic E-state index is 0.206. The molecule has 4 rings (SSSR count). The number of hydrogen-bond donors (Lipinski definition) is 2. The number of nitrogens with zero attached hydrogens (tertiary/aromatic N) is 2. The molecule has 0 spiro atoms. The minimum atomic E-state index is -0.528. The maximum atomic E-state index is 13.1. The highest BCUT2D eigenvalue weighted by atomic mass is 19.1. The number of aryl methyl sites for hydroxylation is 1. The van der Waals surface area contributed by atoms with Gasteiger partial charge in [0.25, 0.3) is 0 Å². The van der Waals surface area contributed by atoms with Crippen molar-refractivity contribution in [1.29, 1.82) is 0 Å². The van der Waals surface area contributed by atoms with Crippen LogP contribution in [0.1, 0.15) is 11.1 Å². The molecule has 1 aromatic heterocycles. The summed E-state index contributed by atoms with van der Waals surface area (Å²) in [4.78, 5) is 29.4. The first-order valence-electron chi connectivity index (χ1n) is 9.84. The summed E-state index contributed by atoms with van der Waals surface area (Å²) in [5, 5.41) is 6.64. The number of para-hydroxylation sites is 1. The largest absolute Gasteiger partial charge is 0.365 e. The number of anilines is 2. The summed E-state index contributed by atoms with van der Waals surface area (Å²) in [5.41, 5.74) is 2.77. The fourth-order valence-electron chi connectivity index (χ4n) is 3.29. The number of hydrogen-bond acceptors (Lipinski definition) is 4. The van der Waals surface area contributed by atoms with Gasteiger partial charge in [0.2, 0.25) is 5.91 Å². The normalized spacial score (nSPS) is 10.8. The van der Waals surface area contributed by atoms with Crippen LogP contribution in [-0.4, -0.2) is 15.5 Å². The van der Waals surface area contributed by atoms with Crippen molar-refractivity contribution in [2.45, 2.75) is 20.0 Å². The van der Waals surface area contributed by atoms with Gasteiger partial charge in [0.1, 0.15) is 18.2 Å². The molecule has 4 aromatic rings. The van der Waals surface area contributed by atoms with E-state index in [-0.39, 0.29) is 6.54 Å². The molecule has 31 heavy (non-hydrogen) atoms. The Hall–Kier alpha value is -4.00. The van der Waals surface area contributed by atoms with E-state index in [0.29, 0.717) is 23.6 Å². The lowest BCUT2D eigenvalue weighted by Crippen LogP contribution is -2.30. The van der Waals surface area contributed by atoms with Crippen LogP contribution in [0.25, 0.3) is 10.9 Å². The number of fused-ring (bicyclic) bond motifs is 1. The molecule has 0 aliphatic carbocycles. The third-order valence-corrected chi connectivity index (χ3v) is 4.90. The van der Waals surface area contributed by atoms with Crippen LogP contribution in [0.5, 0.6) is 0 Å². The number of benzene rings is 3. The molecule has 3 aromatic carbocycles. The van der Waals surface area contributed by atoms with Crippen LogP contribution in [0, 0.1) is 12.7 Å². The molecule has 7 heteroatoms. The summed E-state index contributed by atoms with van der Waals surface area (Å²) in [5.74, 6) is -0.324. The third-order valence-electron chi connectivity index (χ3n) is 4.90. The van der Waals surface area contributed by atoms with Crippen LogP contribution < -0.4 is 16.3 Å². The van der Waals surface area contributed by atoms with E-state index in [9.17, 15) is 14.0 Å². The zero-order valence-corrected chi connectivity index (χ0v) is 16.9. The molecule has 0 bridgehead atoms. The van der Waals surface area contributed by atoms with Crippen molar-refractivity contribution in [2.24, 2.45) is 0 Å². The molecule has 156 valence electrons. The molecule has 0 atom stereocenters. The minimum Gasteiger partial charge on any atom is -0.365 e. The van der Waals surface area contributed by atoms with E-state index in [1.807, 2.05) is 43.3 Å². The molecule has 0 saturated carbocycles. The van der Waals surface area contributed by atoms with Crippen LogP contribution in [0.15, 0.2) is 77.6 Å². The SMILES string of the molecule is Cc1ccc(CNc2nc(=O)n(CC(=O)Nc3ccc(F)cc3)c3ccccc23)cc1. The van der Waals surface area contributed by atoms with Gasteiger partial charge in [-0.15, -0.1) is 0 Å². The monoisotopic (exact) mass is 416 g/mol. The number of rotatable bonds is 6. The Bertz CT molecular complexity index is 1280. The van der Waals surface area contributed by atoms with Crippen molar-refractivity contribution in [1.82, 2.24) is 9.55 Å². The van der Waals surface area contributed by atoms with Gasteiger partial charge in [0.15, 0.2) is 0 Å². The lowest BCUT2D eigenvalue weighted by Gasteiger charge is -2.14. The summed E-state index contributed by atoms with van der Waals surface area (Å²) < 4.78 is 14.4. The number of halogens is 1. The maximum absolute atomic E-state index is 13.1. The van der Waals surface area contributed by atoms with E-state index >= 15 is 0 Å². The van der Waals surface area contributed by atoms with Crippen molar-refractivity contribution in [3.05, 3.63) is 100 Å². The highest BCUT2D eigenvalue weighted by molar-refractivity contribution is 5.93. The average molecular weight is 416 g/mol. The molecule has 6 nitrogen and oxygen atoms in total. The van der Waals surface area contributed by atoms with Gasteiger partial charge < -0.3 is 10.6 Å². The average Bonchev–Trinajstić information content (AvgIpc) is 2.77. The molecule has 1 heterocycles. The molecule has 0 unspecified atom stereocenters. The highest BCUT2D eigenvalue weighted by Gasteiger charge is 2.13. The number of carbonyl (C=O) groups is 1. The fraction of sp³-hybridized carbons (Fsp3) is 0.125. The van der Waals surface area contributed by atoms with Gasteiger partial charge in [0.05, 0.1) is 5.52 Å². The van der Waals surface area contributed by atoms with E-state index < -0.39 is 17.4 Å². The second-order valence-electron chi connectivity index (χ2n) is 7.24. The van der Waals surface area contributed by atoms with Gasteiger partial charge in [-0.05, 0) is 48.9 Å². The Kier molecular flexibility index (Phi) is 5.75. The van der Waals surface area contributed by atoms with Crippen molar-refractivity contribution >= 4 is 28.3 Å². The third kappa shape index (κ3) is 4.78. The molecular weight excluding hydrogens is 395 g/mol. The van der Waals surface area contributed by atoms with Crippen LogP contribution in [0.2, 0.25) is 0 Å². The molecule has 0 aliphatic rings. The second kappa shape index (κ2) is 8.79. The molecular formula is C24H21FN4O2. The number of amides is 1. The van der Waals surface area contributed by atoms with Gasteiger partial charge >= 0.3 is 5.69 Å². The number of aromatic nitrogens is 2. The predicted octanol–water partition coefficient (Wildman–Crippen LogP) is 4.09. The Morgan fingerprint density at radius 2 is 1.71 bits per heavy atom. The fourth-order valence-corrected chi connectivity index (χ4v) is 3.29. The first-order chi connectivity index (χ1) is 15.0. The summed E-state index contributed by atoms with van der Waals surface area (Å²) in [6.45, 7) is 2.34. The van der Waals surface area contributed by atoms with Crippen molar-refractivity contribution in [3.63, 3.8) is 0 Å². The molecule has 2 N–H and O–H groups in total. The Morgan fingerprint density at radius 1 is 1.00 bits per heavy atom. The van der Waals surface area contributed by atoms with Crippen LogP contribution >= 0.6 is 0 Å². The van der Waals surface area contributed by atoms with Crippen LogP contribution in [0.4, 0.5) is 15.9 Å². The van der Waals surface area contributed by atoms with E-state index in [0.717, 1.165) is 10.9 Å². The Balaban J connectivity index is 1.58. The topological polar surface area (TPSA) is 76.0 Å². The lowest BCUT2D eigenvalue weighted by atomic mass is 10.1. The van der Waals surface area contributed by atoms with Crippen molar-refractivity contribution in [2.75, 3.05) is 10.6 Å². The van der Waals surface area contributed by atoms with Crippen molar-refractivity contribution in [3.8, 4) is 0 Å². The first kappa shape index (κ1) is 20.3. The summed E-state index contributed by atoms with van der Waals surface area (Å²) >= 11 is 0. The molecule has 1 amide bonds. The van der Waals surface area contributed by atoms with E-state index in [4.69, 9.17) is 0 Å². The van der Waals surface area contributed by atoms with E-state index in [1.54, 1.807) is 12.1 Å². The predicted molar refractivity (Wildman–Crippen MR) is 120 cm³/mol. The van der Waals surface area contributed by atoms with Gasteiger partial charge in [-0.3, -0.25) is 9.36 Å². The lowest BCUT2D eigenvalue weighted by molar-refractivity contribution is -0.116. The standard InChI is InChI=1S/C24H21FN4O2/c1-16-6-8-17(9-7-16)14-26-23-20-4-2-3-5-21(20)29(24(31)28-23)15-22(30)27-19-12-10-18(25)11-13-19/h2-13H,14-15H2,1H3,(H,27,30)(H,26,28,31). The van der Waals surface area contributed by atoms with Crippen molar-refractivity contribution < 1.29 is 9.18 Å². The molecule has 0 saturated heterocycles. The summed E-state index contributed by atoms with van der Waals surface area (Å²) in [6, 6.07) is 20.8. The van der Waals surface area contributed by atoms with Gasteiger partial charge in [-0.1, -0.05) is 42.0 Å². The number of carbonyl (C=O) groups excluding carboxylic acids is 1. The van der Waals surface area contributed by atoms with E-state index in [2.05, 4.69) is 15.6 Å². The second-order valence-corrected chi connectivity index (χ2v) is 7.24. The van der Waals surface area contributed by atoms with Gasteiger partial charge in [-0.25, -0.2) is 9.18 Å². The van der Waals surface area contributed by atoms with Crippen LogP contribution in [0.3, 0.4) is 0 Å². The van der Waals surface area contributed by atoms with E-state index in [1.165, 1.54) is 34.4 Å².